The summed E-state index contributed by atoms with van der Waals surface area (Å²) in [5.74, 6) is 2.25. The molecule has 0 aliphatic carbocycles. The first-order chi connectivity index (χ1) is 12.0. The Balaban J connectivity index is 1.76. The van der Waals surface area contributed by atoms with Gasteiger partial charge in [0.15, 0.2) is 11.8 Å². The van der Waals surface area contributed by atoms with Gasteiger partial charge < -0.3 is 14.7 Å². The van der Waals surface area contributed by atoms with Gasteiger partial charge in [-0.3, -0.25) is 4.99 Å². The van der Waals surface area contributed by atoms with Crippen molar-refractivity contribution in [2.24, 2.45) is 4.99 Å². The Morgan fingerprint density at radius 2 is 2.04 bits per heavy atom. The van der Waals surface area contributed by atoms with Crippen molar-refractivity contribution in [3.63, 3.8) is 0 Å². The number of guanidine groups is 1. The highest BCUT2D eigenvalue weighted by atomic mass is 19.1. The van der Waals surface area contributed by atoms with Crippen LogP contribution in [0.5, 0.6) is 0 Å². The molecule has 0 saturated carbocycles. The molecule has 0 amide bonds. The van der Waals surface area contributed by atoms with Gasteiger partial charge in [0.1, 0.15) is 5.82 Å². The van der Waals surface area contributed by atoms with Crippen molar-refractivity contribution in [3.05, 3.63) is 47.4 Å². The van der Waals surface area contributed by atoms with Crippen molar-refractivity contribution >= 4 is 5.96 Å². The van der Waals surface area contributed by atoms with E-state index in [9.17, 15) is 4.39 Å². The first-order valence-corrected chi connectivity index (χ1v) is 8.48. The molecule has 0 fully saturated rings. The summed E-state index contributed by atoms with van der Waals surface area (Å²) in [7, 11) is 3.70. The first-order valence-electron chi connectivity index (χ1n) is 8.48. The number of nitrogens with zero attached hydrogens (tertiary/aromatic N) is 4. The molecule has 0 aliphatic rings. The number of aryl methyl sites for hydroxylation is 1. The van der Waals surface area contributed by atoms with E-state index in [-0.39, 0.29) is 11.7 Å². The molecule has 25 heavy (non-hydrogen) atoms. The summed E-state index contributed by atoms with van der Waals surface area (Å²) in [6.07, 6.45) is 1.59. The summed E-state index contributed by atoms with van der Waals surface area (Å²) in [6, 6.07) is 6.49. The van der Waals surface area contributed by atoms with Gasteiger partial charge in [0.25, 0.3) is 0 Å². The fourth-order valence-electron chi connectivity index (χ4n) is 2.37. The molecule has 0 radical (unpaired) electrons. The van der Waals surface area contributed by atoms with Gasteiger partial charge >= 0.3 is 0 Å². The molecule has 0 atom stereocenters. The lowest BCUT2D eigenvalue weighted by molar-refractivity contribution is 0.368. The Labute approximate surface area is 148 Å². The summed E-state index contributed by atoms with van der Waals surface area (Å²) in [5.41, 5.74) is 1.03. The van der Waals surface area contributed by atoms with Crippen LogP contribution in [0.2, 0.25) is 0 Å². The lowest BCUT2D eigenvalue weighted by atomic mass is 10.2. The Bertz CT molecular complexity index is 681. The zero-order chi connectivity index (χ0) is 18.2. The molecular formula is C18H26FN5O. The second kappa shape index (κ2) is 9.15. The van der Waals surface area contributed by atoms with Crippen LogP contribution in [0.15, 0.2) is 33.8 Å². The van der Waals surface area contributed by atoms with Crippen molar-refractivity contribution in [3.8, 4) is 0 Å². The molecule has 0 aliphatic heterocycles. The van der Waals surface area contributed by atoms with Gasteiger partial charge in [0.05, 0.1) is 0 Å². The molecule has 1 aromatic heterocycles. The van der Waals surface area contributed by atoms with Crippen LogP contribution in [0.4, 0.5) is 4.39 Å². The first kappa shape index (κ1) is 18.9. The van der Waals surface area contributed by atoms with E-state index in [0.29, 0.717) is 12.4 Å². The Hall–Kier alpha value is -2.44. The lowest BCUT2D eigenvalue weighted by Gasteiger charge is -2.22. The zero-order valence-corrected chi connectivity index (χ0v) is 15.3. The predicted octanol–water partition coefficient (Wildman–Crippen LogP) is 2.97. The van der Waals surface area contributed by atoms with Crippen LogP contribution in [-0.4, -0.2) is 41.6 Å². The molecule has 2 rings (SSSR count). The molecule has 0 bridgehead atoms. The minimum Gasteiger partial charge on any atom is -0.356 e. The summed E-state index contributed by atoms with van der Waals surface area (Å²) in [4.78, 5) is 10.6. The van der Waals surface area contributed by atoms with Gasteiger partial charge in [-0.05, 0) is 24.1 Å². The molecule has 2 aromatic rings. The van der Waals surface area contributed by atoms with E-state index in [1.165, 1.54) is 12.1 Å². The normalized spacial score (nSPS) is 11.8. The molecule has 0 unspecified atom stereocenters. The third-order valence-corrected chi connectivity index (χ3v) is 3.76. The van der Waals surface area contributed by atoms with Crippen molar-refractivity contribution in [2.75, 3.05) is 20.6 Å². The van der Waals surface area contributed by atoms with Gasteiger partial charge in [0.2, 0.25) is 5.89 Å². The number of hydrogen-bond donors (Lipinski definition) is 1. The van der Waals surface area contributed by atoms with Crippen LogP contribution in [0.25, 0.3) is 0 Å². The maximum absolute atomic E-state index is 13.0. The van der Waals surface area contributed by atoms with Crippen LogP contribution >= 0.6 is 0 Å². The number of nitrogens with one attached hydrogen (secondary N) is 1. The third-order valence-electron chi connectivity index (χ3n) is 3.76. The van der Waals surface area contributed by atoms with Crippen LogP contribution in [0.3, 0.4) is 0 Å². The monoisotopic (exact) mass is 347 g/mol. The standard InChI is InChI=1S/C18H26FN5O/c1-13(2)17-22-16(25-23-17)6-5-11-21-18(20-3)24(4)12-14-7-9-15(19)10-8-14/h7-10,13H,5-6,11-12H2,1-4H3,(H,20,21). The lowest BCUT2D eigenvalue weighted by Crippen LogP contribution is -2.39. The second-order valence-corrected chi connectivity index (χ2v) is 6.26. The molecule has 0 spiro atoms. The zero-order valence-electron chi connectivity index (χ0n) is 15.3. The van der Waals surface area contributed by atoms with E-state index in [0.717, 1.165) is 36.7 Å². The van der Waals surface area contributed by atoms with E-state index >= 15 is 0 Å². The summed E-state index contributed by atoms with van der Waals surface area (Å²) in [5, 5.41) is 7.27. The number of aromatic nitrogens is 2. The van der Waals surface area contributed by atoms with Crippen LogP contribution in [0.1, 0.15) is 43.5 Å². The average Bonchev–Trinajstić information content (AvgIpc) is 3.06. The van der Waals surface area contributed by atoms with E-state index in [1.807, 2.05) is 25.8 Å². The maximum atomic E-state index is 13.0. The van der Waals surface area contributed by atoms with Gasteiger partial charge in [-0.2, -0.15) is 4.98 Å². The predicted molar refractivity (Wildman–Crippen MR) is 95.9 cm³/mol. The number of rotatable bonds is 7. The molecule has 136 valence electrons. The van der Waals surface area contributed by atoms with Crippen molar-refractivity contribution < 1.29 is 8.91 Å². The molecule has 6 nitrogen and oxygen atoms in total. The van der Waals surface area contributed by atoms with Crippen molar-refractivity contribution in [1.82, 2.24) is 20.4 Å². The minimum atomic E-state index is -0.226. The highest BCUT2D eigenvalue weighted by Gasteiger charge is 2.10. The summed E-state index contributed by atoms with van der Waals surface area (Å²) in [6.45, 7) is 5.48. The molecule has 1 aromatic carbocycles. The molecule has 0 saturated heterocycles. The molecule has 7 heteroatoms. The van der Waals surface area contributed by atoms with Gasteiger partial charge in [0, 0.05) is 39.5 Å². The van der Waals surface area contributed by atoms with E-state index in [2.05, 4.69) is 20.4 Å². The summed E-state index contributed by atoms with van der Waals surface area (Å²) >= 11 is 0. The number of halogens is 1. The van der Waals surface area contributed by atoms with Gasteiger partial charge in [-0.1, -0.05) is 31.1 Å². The number of aliphatic imine (C=N–C) groups is 1. The van der Waals surface area contributed by atoms with E-state index in [4.69, 9.17) is 4.52 Å². The minimum absolute atomic E-state index is 0.226. The number of benzene rings is 1. The smallest absolute Gasteiger partial charge is 0.226 e. The van der Waals surface area contributed by atoms with E-state index in [1.54, 1.807) is 19.2 Å². The van der Waals surface area contributed by atoms with Crippen LogP contribution < -0.4 is 5.32 Å². The topological polar surface area (TPSA) is 66.5 Å². The highest BCUT2D eigenvalue weighted by Crippen LogP contribution is 2.10. The van der Waals surface area contributed by atoms with Crippen LogP contribution in [0, 0.1) is 5.82 Å². The summed E-state index contributed by atoms with van der Waals surface area (Å²) < 4.78 is 18.2. The fourth-order valence-corrected chi connectivity index (χ4v) is 2.37. The van der Waals surface area contributed by atoms with Gasteiger partial charge in [-0.25, -0.2) is 4.39 Å². The Kier molecular flexibility index (Phi) is 6.91. The molecule has 1 heterocycles. The number of hydrogen-bond acceptors (Lipinski definition) is 4. The van der Waals surface area contributed by atoms with E-state index < -0.39 is 0 Å². The Morgan fingerprint density at radius 3 is 2.64 bits per heavy atom. The average molecular weight is 347 g/mol. The molecule has 1 N–H and O–H groups in total. The van der Waals surface area contributed by atoms with Crippen LogP contribution in [-0.2, 0) is 13.0 Å². The second-order valence-electron chi connectivity index (χ2n) is 6.26. The third kappa shape index (κ3) is 5.85. The highest BCUT2D eigenvalue weighted by molar-refractivity contribution is 5.79. The SMILES string of the molecule is CN=C(NCCCc1nc(C(C)C)no1)N(C)Cc1ccc(F)cc1. The van der Waals surface area contributed by atoms with Crippen molar-refractivity contribution in [1.29, 1.82) is 0 Å². The van der Waals surface area contributed by atoms with Gasteiger partial charge in [-0.15, -0.1) is 0 Å². The maximum Gasteiger partial charge on any atom is 0.226 e. The largest absolute Gasteiger partial charge is 0.356 e. The fraction of sp³-hybridized carbons (Fsp3) is 0.500. The molecular weight excluding hydrogens is 321 g/mol. The Morgan fingerprint density at radius 1 is 1.32 bits per heavy atom. The van der Waals surface area contributed by atoms with Crippen molar-refractivity contribution in [2.45, 2.75) is 39.2 Å². The quantitative estimate of drug-likeness (QED) is 0.474.